The Bertz CT molecular complexity index is 772. The molecule has 22 heavy (non-hydrogen) atoms. The number of ketones is 1. The van der Waals surface area contributed by atoms with Crippen LogP contribution in [0.5, 0.6) is 0 Å². The number of H-pyrrole nitrogens is 1. The zero-order chi connectivity index (χ0) is 15.7. The summed E-state index contributed by atoms with van der Waals surface area (Å²) in [6.07, 6.45) is 2.13. The van der Waals surface area contributed by atoms with Gasteiger partial charge in [-0.1, -0.05) is 29.8 Å². The number of aromatic amines is 1. The molecule has 0 atom stereocenters. The van der Waals surface area contributed by atoms with E-state index in [1.54, 1.807) is 24.3 Å². The van der Waals surface area contributed by atoms with Gasteiger partial charge >= 0.3 is 0 Å². The number of amides is 1. The number of Topliss-reactive ketones (excluding diaryl/α,β-unsaturated/α-hetero) is 1. The molecular formula is C15H16N4O2S. The summed E-state index contributed by atoms with van der Waals surface area (Å²) in [5.41, 5.74) is 1.42. The summed E-state index contributed by atoms with van der Waals surface area (Å²) in [5, 5.41) is 9.45. The van der Waals surface area contributed by atoms with Crippen LogP contribution in [0.4, 0.5) is 0 Å². The molecule has 2 aromatic rings. The number of nitrogens with zero attached hydrogens (tertiary/aromatic N) is 2. The highest BCUT2D eigenvalue weighted by atomic mass is 32.1. The fourth-order valence-corrected chi connectivity index (χ4v) is 2.55. The van der Waals surface area contributed by atoms with Gasteiger partial charge in [0.25, 0.3) is 5.91 Å². The number of rotatable bonds is 5. The Morgan fingerprint density at radius 2 is 2.05 bits per heavy atom. The Morgan fingerprint density at radius 3 is 2.68 bits per heavy atom. The van der Waals surface area contributed by atoms with E-state index in [4.69, 9.17) is 12.2 Å². The van der Waals surface area contributed by atoms with E-state index in [0.717, 1.165) is 18.4 Å². The molecule has 6 nitrogen and oxygen atoms in total. The van der Waals surface area contributed by atoms with Crippen LogP contribution in [0.1, 0.15) is 40.6 Å². The number of hydrogen-bond donors (Lipinski definition) is 2. The van der Waals surface area contributed by atoms with Gasteiger partial charge in [0, 0.05) is 11.6 Å². The quantitative estimate of drug-likeness (QED) is 0.503. The van der Waals surface area contributed by atoms with E-state index < -0.39 is 11.7 Å². The third-order valence-corrected chi connectivity index (χ3v) is 3.90. The van der Waals surface area contributed by atoms with Crippen LogP contribution in [-0.4, -0.2) is 26.5 Å². The Kier molecular flexibility index (Phi) is 3.89. The van der Waals surface area contributed by atoms with Crippen molar-refractivity contribution in [2.45, 2.75) is 32.4 Å². The summed E-state index contributed by atoms with van der Waals surface area (Å²) in [6.45, 7) is 2.11. The summed E-state index contributed by atoms with van der Waals surface area (Å²) in [4.78, 5) is 24.0. The maximum Gasteiger partial charge on any atom is 0.292 e. The van der Waals surface area contributed by atoms with E-state index >= 15 is 0 Å². The van der Waals surface area contributed by atoms with Crippen molar-refractivity contribution in [3.63, 3.8) is 0 Å². The minimum Gasteiger partial charge on any atom is -0.342 e. The second-order valence-corrected chi connectivity index (χ2v) is 5.81. The van der Waals surface area contributed by atoms with E-state index in [1.165, 1.54) is 0 Å². The smallest absolute Gasteiger partial charge is 0.292 e. The van der Waals surface area contributed by atoms with Crippen molar-refractivity contribution >= 4 is 23.9 Å². The highest BCUT2D eigenvalue weighted by Gasteiger charge is 2.27. The van der Waals surface area contributed by atoms with Crippen molar-refractivity contribution in [3.8, 4) is 0 Å². The summed E-state index contributed by atoms with van der Waals surface area (Å²) in [5.74, 6) is -0.537. The Hall–Kier alpha value is -2.28. The number of aromatic nitrogens is 3. The van der Waals surface area contributed by atoms with Gasteiger partial charge in [-0.3, -0.25) is 19.3 Å². The first kappa shape index (κ1) is 14.6. The molecule has 0 saturated heterocycles. The van der Waals surface area contributed by atoms with E-state index in [0.29, 0.717) is 22.2 Å². The van der Waals surface area contributed by atoms with Gasteiger partial charge in [0.15, 0.2) is 10.6 Å². The molecular weight excluding hydrogens is 300 g/mol. The van der Waals surface area contributed by atoms with Crippen molar-refractivity contribution in [3.05, 3.63) is 46.0 Å². The number of carbonyl (C=O) groups is 2. The summed E-state index contributed by atoms with van der Waals surface area (Å²) >= 11 is 5.17. The maximum absolute atomic E-state index is 12.0. The average Bonchev–Trinajstić information content (AvgIpc) is 3.28. The SMILES string of the molecule is Cc1ccc(C(=O)C(=O)NCc2n[nH]c(=S)n2C2CC2)cc1. The first-order chi connectivity index (χ1) is 10.6. The minimum atomic E-state index is -0.639. The maximum atomic E-state index is 12.0. The van der Waals surface area contributed by atoms with Crippen LogP contribution in [0, 0.1) is 11.7 Å². The second-order valence-electron chi connectivity index (χ2n) is 5.42. The third-order valence-electron chi connectivity index (χ3n) is 3.62. The average molecular weight is 316 g/mol. The van der Waals surface area contributed by atoms with Crippen molar-refractivity contribution in [1.29, 1.82) is 0 Å². The first-order valence-corrected chi connectivity index (χ1v) is 7.52. The van der Waals surface area contributed by atoms with Crippen LogP contribution in [-0.2, 0) is 11.3 Å². The second kappa shape index (κ2) is 5.84. The van der Waals surface area contributed by atoms with E-state index in [9.17, 15) is 9.59 Å². The molecule has 0 spiro atoms. The highest BCUT2D eigenvalue weighted by Crippen LogP contribution is 2.35. The molecule has 7 heteroatoms. The normalized spacial score (nSPS) is 13.9. The van der Waals surface area contributed by atoms with Crippen LogP contribution in [0.3, 0.4) is 0 Å². The molecule has 0 unspecified atom stereocenters. The van der Waals surface area contributed by atoms with E-state index in [-0.39, 0.29) is 6.54 Å². The van der Waals surface area contributed by atoms with Gasteiger partial charge in [0.1, 0.15) is 0 Å². The van der Waals surface area contributed by atoms with Crippen LogP contribution >= 0.6 is 12.2 Å². The summed E-state index contributed by atoms with van der Waals surface area (Å²) in [7, 11) is 0. The highest BCUT2D eigenvalue weighted by molar-refractivity contribution is 7.71. The Labute approximate surface area is 132 Å². The van der Waals surface area contributed by atoms with Crippen LogP contribution in [0.15, 0.2) is 24.3 Å². The largest absolute Gasteiger partial charge is 0.342 e. The number of hydrogen-bond acceptors (Lipinski definition) is 4. The molecule has 1 aliphatic rings. The van der Waals surface area contributed by atoms with Gasteiger partial charge in [0.05, 0.1) is 6.54 Å². The number of benzene rings is 1. The van der Waals surface area contributed by atoms with Crippen LogP contribution in [0.2, 0.25) is 0 Å². The lowest BCUT2D eigenvalue weighted by molar-refractivity contribution is -0.117. The molecule has 1 saturated carbocycles. The number of aryl methyl sites for hydroxylation is 1. The molecule has 0 aliphatic heterocycles. The standard InChI is InChI=1S/C15H16N4O2S/c1-9-2-4-10(5-3-9)13(20)14(21)16-8-12-17-18-15(22)19(12)11-6-7-11/h2-5,11H,6-8H2,1H3,(H,16,21)(H,18,22). The number of carbonyl (C=O) groups excluding carboxylic acids is 2. The third kappa shape index (κ3) is 2.99. The van der Waals surface area contributed by atoms with Crippen molar-refractivity contribution < 1.29 is 9.59 Å². The Morgan fingerprint density at radius 1 is 1.36 bits per heavy atom. The molecule has 114 valence electrons. The zero-order valence-corrected chi connectivity index (χ0v) is 12.9. The van der Waals surface area contributed by atoms with Gasteiger partial charge in [0.2, 0.25) is 5.78 Å². The number of nitrogens with one attached hydrogen (secondary N) is 2. The summed E-state index contributed by atoms with van der Waals surface area (Å²) < 4.78 is 2.46. The zero-order valence-electron chi connectivity index (χ0n) is 12.1. The Balaban J connectivity index is 1.66. The first-order valence-electron chi connectivity index (χ1n) is 7.11. The molecule has 2 N–H and O–H groups in total. The van der Waals surface area contributed by atoms with Crippen LogP contribution < -0.4 is 5.32 Å². The van der Waals surface area contributed by atoms with Gasteiger partial charge in [-0.2, -0.15) is 5.10 Å². The summed E-state index contributed by atoms with van der Waals surface area (Å²) in [6, 6.07) is 7.28. The molecule has 0 radical (unpaired) electrons. The molecule has 1 amide bonds. The molecule has 1 heterocycles. The van der Waals surface area contributed by atoms with Gasteiger partial charge < -0.3 is 5.32 Å². The van der Waals surface area contributed by atoms with Crippen molar-refractivity contribution in [2.24, 2.45) is 0 Å². The van der Waals surface area contributed by atoms with Crippen LogP contribution in [0.25, 0.3) is 0 Å². The fourth-order valence-electron chi connectivity index (χ4n) is 2.25. The van der Waals surface area contributed by atoms with E-state index in [1.807, 2.05) is 11.5 Å². The van der Waals surface area contributed by atoms with Gasteiger partial charge in [-0.15, -0.1) is 0 Å². The lowest BCUT2D eigenvalue weighted by atomic mass is 10.1. The van der Waals surface area contributed by atoms with E-state index in [2.05, 4.69) is 15.5 Å². The predicted octanol–water partition coefficient (Wildman–Crippen LogP) is 2.08. The van der Waals surface area contributed by atoms with Crippen molar-refractivity contribution in [1.82, 2.24) is 20.1 Å². The minimum absolute atomic E-state index is 0.181. The molecule has 3 rings (SSSR count). The molecule has 1 aromatic carbocycles. The molecule has 1 aromatic heterocycles. The fraction of sp³-hybridized carbons (Fsp3) is 0.333. The molecule has 1 aliphatic carbocycles. The van der Waals surface area contributed by atoms with Gasteiger partial charge in [-0.05, 0) is 32.0 Å². The molecule has 0 bridgehead atoms. The van der Waals surface area contributed by atoms with Crippen molar-refractivity contribution in [2.75, 3.05) is 0 Å². The monoisotopic (exact) mass is 316 g/mol. The molecule has 1 fully saturated rings. The van der Waals surface area contributed by atoms with Gasteiger partial charge in [-0.25, -0.2) is 0 Å². The predicted molar refractivity (Wildman–Crippen MR) is 83.0 cm³/mol. The lowest BCUT2D eigenvalue weighted by Gasteiger charge is -2.06. The lowest BCUT2D eigenvalue weighted by Crippen LogP contribution is -2.31. The topological polar surface area (TPSA) is 79.8 Å².